The number of hydrogen-bond acceptors (Lipinski definition) is 3. The molecule has 0 atom stereocenters. The summed E-state index contributed by atoms with van der Waals surface area (Å²) in [5.74, 6) is 0.684. The third-order valence-electron chi connectivity index (χ3n) is 3.35. The normalized spacial score (nSPS) is 10.4. The number of aromatic nitrogens is 2. The Labute approximate surface area is 140 Å². The number of ether oxygens (including phenoxy) is 1. The molecule has 0 spiro atoms. The molecule has 0 amide bonds. The quantitative estimate of drug-likeness (QED) is 0.819. The van der Waals surface area contributed by atoms with Crippen molar-refractivity contribution in [2.24, 2.45) is 0 Å². The van der Waals surface area contributed by atoms with Gasteiger partial charge in [-0.15, -0.1) is 0 Å². The van der Waals surface area contributed by atoms with Crippen molar-refractivity contribution in [3.63, 3.8) is 0 Å². The van der Waals surface area contributed by atoms with Crippen molar-refractivity contribution >= 4 is 34.6 Å². The fraction of sp³-hybridized carbons (Fsp3) is 0.333. The lowest BCUT2D eigenvalue weighted by Crippen LogP contribution is -2.28. The molecule has 2 aromatic rings. The fourth-order valence-electron chi connectivity index (χ4n) is 2.10. The van der Waals surface area contributed by atoms with E-state index in [0.717, 1.165) is 23.5 Å². The maximum Gasteiger partial charge on any atom is 0.171 e. The van der Waals surface area contributed by atoms with Crippen molar-refractivity contribution < 1.29 is 4.74 Å². The second-order valence-electron chi connectivity index (χ2n) is 4.72. The minimum absolute atomic E-state index is 0.504. The molecule has 0 saturated heterocycles. The van der Waals surface area contributed by atoms with Gasteiger partial charge in [-0.3, -0.25) is 4.68 Å². The molecular weight excluding hydrogens is 320 g/mol. The van der Waals surface area contributed by atoms with Gasteiger partial charge in [0.2, 0.25) is 0 Å². The summed E-state index contributed by atoms with van der Waals surface area (Å²) >= 11 is 11.3. The maximum absolute atomic E-state index is 6.00. The summed E-state index contributed by atoms with van der Waals surface area (Å²) in [6, 6.07) is 5.34. The Morgan fingerprint density at radius 2 is 2.23 bits per heavy atom. The summed E-state index contributed by atoms with van der Waals surface area (Å²) in [6.07, 6.45) is 1.86. The third kappa shape index (κ3) is 3.90. The largest absolute Gasteiger partial charge is 0.495 e. The molecular formula is C15H19ClN4OS. The minimum Gasteiger partial charge on any atom is -0.495 e. The van der Waals surface area contributed by atoms with Crippen LogP contribution in [0.1, 0.15) is 18.2 Å². The van der Waals surface area contributed by atoms with Gasteiger partial charge in [-0.25, -0.2) is 0 Å². The Morgan fingerprint density at radius 3 is 2.86 bits per heavy atom. The number of rotatable bonds is 5. The number of hydrogen-bond donors (Lipinski definition) is 2. The van der Waals surface area contributed by atoms with Crippen molar-refractivity contribution in [2.45, 2.75) is 26.9 Å². The van der Waals surface area contributed by atoms with E-state index in [1.54, 1.807) is 25.3 Å². The van der Waals surface area contributed by atoms with Crippen LogP contribution < -0.4 is 15.4 Å². The highest BCUT2D eigenvalue weighted by Crippen LogP contribution is 2.27. The summed E-state index contributed by atoms with van der Waals surface area (Å²) in [7, 11) is 1.60. The average Bonchev–Trinajstić information content (AvgIpc) is 2.85. The number of nitrogens with one attached hydrogen (secondary N) is 2. The lowest BCUT2D eigenvalue weighted by Gasteiger charge is -2.13. The van der Waals surface area contributed by atoms with Crippen LogP contribution in [0.25, 0.3) is 0 Å². The van der Waals surface area contributed by atoms with E-state index in [0.29, 0.717) is 22.4 Å². The number of benzene rings is 1. The summed E-state index contributed by atoms with van der Waals surface area (Å²) in [6.45, 7) is 5.58. The summed E-state index contributed by atoms with van der Waals surface area (Å²) in [5, 5.41) is 11.7. The zero-order chi connectivity index (χ0) is 16.1. The minimum atomic E-state index is 0.504. The Morgan fingerprint density at radius 1 is 1.45 bits per heavy atom. The van der Waals surface area contributed by atoms with Crippen LogP contribution in [0.2, 0.25) is 5.02 Å². The fourth-order valence-corrected chi connectivity index (χ4v) is 2.45. The van der Waals surface area contributed by atoms with E-state index < -0.39 is 0 Å². The van der Waals surface area contributed by atoms with Crippen LogP contribution in [0.4, 0.5) is 5.69 Å². The molecule has 0 unspecified atom stereocenters. The first-order valence-corrected chi connectivity index (χ1v) is 7.73. The van der Waals surface area contributed by atoms with Crippen LogP contribution in [0.5, 0.6) is 5.75 Å². The van der Waals surface area contributed by atoms with Gasteiger partial charge in [0, 0.05) is 29.4 Å². The molecule has 0 aliphatic carbocycles. The van der Waals surface area contributed by atoms with Crippen molar-refractivity contribution in [3.05, 3.63) is 40.7 Å². The van der Waals surface area contributed by atoms with E-state index in [-0.39, 0.29) is 0 Å². The van der Waals surface area contributed by atoms with Gasteiger partial charge in [0.1, 0.15) is 5.75 Å². The van der Waals surface area contributed by atoms with Crippen molar-refractivity contribution in [3.8, 4) is 5.75 Å². The highest BCUT2D eigenvalue weighted by molar-refractivity contribution is 7.80. The monoisotopic (exact) mass is 338 g/mol. The molecule has 0 radical (unpaired) electrons. The Kier molecular flexibility index (Phi) is 5.63. The standard InChI is InChI=1S/C15H19ClN4OS/c1-4-20-10(2)11(9-18-20)8-17-15(22)19-13-7-12(16)5-6-14(13)21-3/h5-7,9H,4,8H2,1-3H3,(H2,17,19,22). The highest BCUT2D eigenvalue weighted by Gasteiger charge is 2.08. The van der Waals surface area contributed by atoms with Crippen molar-refractivity contribution in [1.82, 2.24) is 15.1 Å². The molecule has 5 nitrogen and oxygen atoms in total. The van der Waals surface area contributed by atoms with Gasteiger partial charge in [-0.05, 0) is 44.3 Å². The molecule has 0 fully saturated rings. The van der Waals surface area contributed by atoms with Crippen LogP contribution in [-0.2, 0) is 13.1 Å². The summed E-state index contributed by atoms with van der Waals surface area (Å²) in [5.41, 5.74) is 2.98. The summed E-state index contributed by atoms with van der Waals surface area (Å²) < 4.78 is 7.23. The van der Waals surface area contributed by atoms with Gasteiger partial charge in [0.25, 0.3) is 0 Å². The topological polar surface area (TPSA) is 51.1 Å². The van der Waals surface area contributed by atoms with Crippen LogP contribution >= 0.6 is 23.8 Å². The SMILES string of the molecule is CCn1ncc(CNC(=S)Nc2cc(Cl)ccc2OC)c1C. The van der Waals surface area contributed by atoms with E-state index in [2.05, 4.69) is 22.7 Å². The van der Waals surface area contributed by atoms with Crippen LogP contribution in [0.3, 0.4) is 0 Å². The summed E-state index contributed by atoms with van der Waals surface area (Å²) in [4.78, 5) is 0. The molecule has 0 bridgehead atoms. The van der Waals surface area contributed by atoms with E-state index in [1.165, 1.54) is 0 Å². The molecule has 118 valence electrons. The van der Waals surface area contributed by atoms with Crippen LogP contribution in [0.15, 0.2) is 24.4 Å². The first-order valence-electron chi connectivity index (χ1n) is 6.94. The van der Waals surface area contributed by atoms with E-state index >= 15 is 0 Å². The maximum atomic E-state index is 6.00. The number of halogens is 1. The van der Waals surface area contributed by atoms with E-state index in [1.807, 2.05) is 17.8 Å². The van der Waals surface area contributed by atoms with E-state index in [4.69, 9.17) is 28.6 Å². The molecule has 2 rings (SSSR count). The van der Waals surface area contributed by atoms with Gasteiger partial charge < -0.3 is 15.4 Å². The molecule has 0 aliphatic heterocycles. The predicted octanol–water partition coefficient (Wildman–Crippen LogP) is 3.36. The predicted molar refractivity (Wildman–Crippen MR) is 93.7 cm³/mol. The molecule has 1 aromatic carbocycles. The molecule has 1 heterocycles. The van der Waals surface area contributed by atoms with Gasteiger partial charge in [0.15, 0.2) is 5.11 Å². The van der Waals surface area contributed by atoms with Crippen LogP contribution in [-0.4, -0.2) is 22.0 Å². The first kappa shape index (κ1) is 16.6. The molecule has 22 heavy (non-hydrogen) atoms. The highest BCUT2D eigenvalue weighted by atomic mass is 35.5. The average molecular weight is 339 g/mol. The number of nitrogens with zero attached hydrogens (tertiary/aromatic N) is 2. The zero-order valence-electron chi connectivity index (χ0n) is 12.8. The van der Waals surface area contributed by atoms with Crippen molar-refractivity contribution in [2.75, 3.05) is 12.4 Å². The van der Waals surface area contributed by atoms with Crippen molar-refractivity contribution in [1.29, 1.82) is 0 Å². The number of anilines is 1. The Bertz CT molecular complexity index is 672. The molecule has 7 heteroatoms. The molecule has 0 saturated carbocycles. The second kappa shape index (κ2) is 7.47. The number of aryl methyl sites for hydroxylation is 1. The Balaban J connectivity index is 1.98. The zero-order valence-corrected chi connectivity index (χ0v) is 14.4. The van der Waals surface area contributed by atoms with Gasteiger partial charge in [-0.1, -0.05) is 11.6 Å². The number of methoxy groups -OCH3 is 1. The van der Waals surface area contributed by atoms with E-state index in [9.17, 15) is 0 Å². The van der Waals surface area contributed by atoms with Gasteiger partial charge >= 0.3 is 0 Å². The molecule has 2 N–H and O–H groups in total. The second-order valence-corrected chi connectivity index (χ2v) is 5.57. The van der Waals surface area contributed by atoms with Gasteiger partial charge in [0.05, 0.1) is 19.0 Å². The lowest BCUT2D eigenvalue weighted by molar-refractivity contribution is 0.417. The van der Waals surface area contributed by atoms with Gasteiger partial charge in [-0.2, -0.15) is 5.10 Å². The lowest BCUT2D eigenvalue weighted by atomic mass is 10.2. The van der Waals surface area contributed by atoms with Crippen LogP contribution in [0, 0.1) is 6.92 Å². The number of thiocarbonyl (C=S) groups is 1. The smallest absolute Gasteiger partial charge is 0.171 e. The third-order valence-corrected chi connectivity index (χ3v) is 3.84. The molecule has 0 aliphatic rings. The first-order chi connectivity index (χ1) is 10.5. The Hall–Kier alpha value is -1.79. The molecule has 1 aromatic heterocycles.